The Hall–Kier alpha value is -3.72. The van der Waals surface area contributed by atoms with Gasteiger partial charge < -0.3 is 20.7 Å². The number of nitrogens with zero attached hydrogens (tertiary/aromatic N) is 5. The molecule has 268 valence electrons. The largest absolute Gasteiger partial charge is 0.461 e. The van der Waals surface area contributed by atoms with Crippen molar-refractivity contribution in [3.8, 4) is 17.3 Å². The van der Waals surface area contributed by atoms with Crippen molar-refractivity contribution in [2.75, 3.05) is 43.4 Å². The Morgan fingerprint density at radius 1 is 1.08 bits per heavy atom. The molecule has 2 bridgehead atoms. The quantitative estimate of drug-likeness (QED) is 0.207. The number of piperazine rings is 1. The molecule has 8 rings (SSSR count). The molecule has 3 aromatic rings. The number of hydrogen-bond donors (Lipinski definition) is 2. The maximum absolute atomic E-state index is 16.8. The lowest BCUT2D eigenvalue weighted by molar-refractivity contribution is -0.137. The van der Waals surface area contributed by atoms with Crippen LogP contribution in [0.25, 0.3) is 22.2 Å². The number of aryl methyl sites for hydroxylation is 1. The number of benzene rings is 1. The first-order valence-corrected chi connectivity index (χ1v) is 17.2. The zero-order valence-electron chi connectivity index (χ0n) is 27.6. The van der Waals surface area contributed by atoms with Crippen LogP contribution >= 0.6 is 0 Å². The fourth-order valence-electron chi connectivity index (χ4n) is 9.58. The number of nitrogen functional groups attached to an aromatic ring is 1. The van der Waals surface area contributed by atoms with E-state index in [2.05, 4.69) is 15.3 Å². The monoisotopic (exact) mass is 705 g/mol. The third-order valence-corrected chi connectivity index (χ3v) is 11.8. The van der Waals surface area contributed by atoms with Crippen LogP contribution in [0, 0.1) is 24.5 Å². The van der Waals surface area contributed by atoms with Crippen molar-refractivity contribution in [2.45, 2.75) is 88.0 Å². The van der Waals surface area contributed by atoms with Crippen molar-refractivity contribution in [1.29, 1.82) is 0 Å². The highest BCUT2D eigenvalue weighted by molar-refractivity contribution is 5.92. The molecule has 0 amide bonds. The van der Waals surface area contributed by atoms with Gasteiger partial charge in [-0.25, -0.2) is 8.78 Å². The molecule has 0 radical (unpaired) electrons. The normalized spacial score (nSPS) is 27.2. The fraction of sp³-hybridized carbons (Fsp3) is 0.571. The van der Waals surface area contributed by atoms with Crippen LogP contribution in [-0.2, 0) is 6.18 Å². The first-order valence-electron chi connectivity index (χ1n) is 17.2. The van der Waals surface area contributed by atoms with Gasteiger partial charge in [0.2, 0.25) is 0 Å². The number of nitrogens with one attached hydrogen (secondary N) is 1. The number of aromatic nitrogens is 3. The standard InChI is InChI=1S/C35H38F7N7O/c1-18-11-23(43)26(36)24(25(18)35(40,41)42)29-27(37)28-22(13-44-29)31(48-15-21-7-9-34(16-48,47-21)20-5-2-3-6-20)46-32(45-28)50-17-33-8-4-10-49(33)14-19(12-33)30(38)39/h11,13,20-21,47H,2-10,12,14-17,43H2,1H3/t21-,33-,34+/m0/s1. The van der Waals surface area contributed by atoms with Crippen LogP contribution in [0.3, 0.4) is 0 Å². The Bertz CT molecular complexity index is 1890. The van der Waals surface area contributed by atoms with Crippen LogP contribution in [0.1, 0.15) is 68.9 Å². The minimum absolute atomic E-state index is 0.0450. The Kier molecular flexibility index (Phi) is 7.97. The van der Waals surface area contributed by atoms with E-state index in [0.717, 1.165) is 57.9 Å². The van der Waals surface area contributed by atoms with Crippen LogP contribution in [0.2, 0.25) is 0 Å². The maximum Gasteiger partial charge on any atom is 0.417 e. The highest BCUT2D eigenvalue weighted by atomic mass is 19.4. The van der Waals surface area contributed by atoms with Gasteiger partial charge in [0.15, 0.2) is 11.6 Å². The molecule has 1 saturated carbocycles. The highest BCUT2D eigenvalue weighted by Crippen LogP contribution is 2.47. The summed E-state index contributed by atoms with van der Waals surface area (Å²) < 4.78 is 109. The van der Waals surface area contributed by atoms with E-state index in [1.807, 2.05) is 9.80 Å². The van der Waals surface area contributed by atoms with E-state index in [9.17, 15) is 22.0 Å². The topological polar surface area (TPSA) is 92.4 Å². The summed E-state index contributed by atoms with van der Waals surface area (Å²) >= 11 is 0. The number of anilines is 2. The Labute approximate surface area is 284 Å². The molecule has 3 atom stereocenters. The van der Waals surface area contributed by atoms with Crippen molar-refractivity contribution < 1.29 is 35.5 Å². The molecule has 4 saturated heterocycles. The van der Waals surface area contributed by atoms with Gasteiger partial charge in [0, 0.05) is 43.0 Å². The molecule has 2 aromatic heterocycles. The molecule has 15 heteroatoms. The molecular weight excluding hydrogens is 667 g/mol. The summed E-state index contributed by atoms with van der Waals surface area (Å²) in [5.74, 6) is -1.96. The van der Waals surface area contributed by atoms with Gasteiger partial charge in [-0.05, 0) is 76.0 Å². The molecule has 4 aliphatic heterocycles. The molecule has 0 spiro atoms. The van der Waals surface area contributed by atoms with E-state index in [0.29, 0.717) is 37.8 Å². The van der Waals surface area contributed by atoms with E-state index in [-0.39, 0.29) is 59.2 Å². The van der Waals surface area contributed by atoms with E-state index >= 15 is 8.78 Å². The third-order valence-electron chi connectivity index (χ3n) is 11.8. The number of alkyl halides is 3. The van der Waals surface area contributed by atoms with Crippen molar-refractivity contribution in [1.82, 2.24) is 25.2 Å². The maximum atomic E-state index is 16.8. The lowest BCUT2D eigenvalue weighted by Crippen LogP contribution is -2.62. The summed E-state index contributed by atoms with van der Waals surface area (Å²) in [7, 11) is 0. The number of nitrogens with two attached hydrogens (primary N) is 1. The molecular formula is C35H38F7N7O. The number of rotatable bonds is 6. The van der Waals surface area contributed by atoms with E-state index in [4.69, 9.17) is 15.5 Å². The van der Waals surface area contributed by atoms with Crippen molar-refractivity contribution in [3.63, 3.8) is 0 Å². The molecule has 6 heterocycles. The molecule has 50 heavy (non-hydrogen) atoms. The average Bonchev–Trinajstić information content (AvgIpc) is 3.86. The van der Waals surface area contributed by atoms with Gasteiger partial charge in [0.1, 0.15) is 23.6 Å². The van der Waals surface area contributed by atoms with Crippen molar-refractivity contribution in [3.05, 3.63) is 46.7 Å². The van der Waals surface area contributed by atoms with Gasteiger partial charge in [-0.3, -0.25) is 9.88 Å². The van der Waals surface area contributed by atoms with Crippen LogP contribution < -0.4 is 20.7 Å². The number of pyridine rings is 1. The predicted octanol–water partition coefficient (Wildman–Crippen LogP) is 7.15. The van der Waals surface area contributed by atoms with Crippen LogP contribution in [0.5, 0.6) is 6.01 Å². The lowest BCUT2D eigenvalue weighted by atomic mass is 9.80. The van der Waals surface area contributed by atoms with Crippen LogP contribution in [0.15, 0.2) is 23.9 Å². The first-order chi connectivity index (χ1) is 23.8. The van der Waals surface area contributed by atoms with Gasteiger partial charge in [0.25, 0.3) is 6.08 Å². The second-order valence-corrected chi connectivity index (χ2v) is 14.8. The third kappa shape index (κ3) is 5.37. The van der Waals surface area contributed by atoms with Crippen molar-refractivity contribution in [2.24, 2.45) is 5.92 Å². The van der Waals surface area contributed by atoms with Gasteiger partial charge in [-0.2, -0.15) is 31.9 Å². The highest BCUT2D eigenvalue weighted by Gasteiger charge is 2.51. The Morgan fingerprint density at radius 3 is 2.60 bits per heavy atom. The predicted molar refractivity (Wildman–Crippen MR) is 173 cm³/mol. The van der Waals surface area contributed by atoms with E-state index in [1.165, 1.54) is 6.20 Å². The van der Waals surface area contributed by atoms with Crippen LogP contribution in [0.4, 0.5) is 42.2 Å². The second-order valence-electron chi connectivity index (χ2n) is 14.8. The molecule has 0 unspecified atom stereocenters. The number of halogens is 7. The smallest absolute Gasteiger partial charge is 0.417 e. The van der Waals surface area contributed by atoms with E-state index < -0.39 is 51.9 Å². The molecule has 8 nitrogen and oxygen atoms in total. The zero-order valence-corrected chi connectivity index (χ0v) is 27.6. The molecule has 3 N–H and O–H groups in total. The summed E-state index contributed by atoms with van der Waals surface area (Å²) in [4.78, 5) is 17.2. The minimum atomic E-state index is -5.04. The van der Waals surface area contributed by atoms with Gasteiger partial charge in [-0.15, -0.1) is 0 Å². The molecule has 1 aliphatic carbocycles. The lowest BCUT2D eigenvalue weighted by Gasteiger charge is -2.45. The van der Waals surface area contributed by atoms with Gasteiger partial charge >= 0.3 is 12.2 Å². The zero-order chi connectivity index (χ0) is 35.2. The summed E-state index contributed by atoms with van der Waals surface area (Å²) in [5, 5.41) is 3.99. The van der Waals surface area contributed by atoms with Gasteiger partial charge in [-0.1, -0.05) is 12.8 Å². The second kappa shape index (κ2) is 11.9. The van der Waals surface area contributed by atoms with Crippen LogP contribution in [-0.4, -0.2) is 69.8 Å². The molecule has 5 fully saturated rings. The number of hydrogen-bond acceptors (Lipinski definition) is 8. The first kappa shape index (κ1) is 33.4. The SMILES string of the molecule is Cc1cc(N)c(F)c(-c2ncc3c(N4C[C@@H]5CC[C@](C6CCCC6)(C4)N5)nc(OC[C@@]45CCCN4CC(=C(F)F)C5)nc3c2F)c1C(F)(F)F. The molecule has 1 aromatic carbocycles. The number of fused-ring (bicyclic) bond motifs is 4. The number of ether oxygens (including phenoxy) is 1. The Balaban J connectivity index is 1.26. The average molecular weight is 706 g/mol. The van der Waals surface area contributed by atoms with E-state index in [1.54, 1.807) is 0 Å². The summed E-state index contributed by atoms with van der Waals surface area (Å²) in [6.07, 6.45) is 2.32. The fourth-order valence-corrected chi connectivity index (χ4v) is 9.58. The molecule has 5 aliphatic rings. The summed E-state index contributed by atoms with van der Waals surface area (Å²) in [5.41, 5.74) is 0.162. The minimum Gasteiger partial charge on any atom is -0.461 e. The summed E-state index contributed by atoms with van der Waals surface area (Å²) in [6, 6.07) is 0.749. The Morgan fingerprint density at radius 2 is 1.86 bits per heavy atom. The van der Waals surface area contributed by atoms with Gasteiger partial charge in [0.05, 0.1) is 27.7 Å². The summed E-state index contributed by atoms with van der Waals surface area (Å²) in [6.45, 7) is 2.91. The van der Waals surface area contributed by atoms with Crippen molar-refractivity contribution >= 4 is 22.4 Å².